The Hall–Kier alpha value is -3.63. The minimum absolute atomic E-state index is 0.475. The maximum absolute atomic E-state index is 6.47. The van der Waals surface area contributed by atoms with Crippen molar-refractivity contribution < 1.29 is 4.74 Å². The van der Waals surface area contributed by atoms with Gasteiger partial charge in [-0.1, -0.05) is 54.6 Å². The summed E-state index contributed by atoms with van der Waals surface area (Å²) in [6, 6.07) is 32.0. The van der Waals surface area contributed by atoms with Crippen molar-refractivity contribution in [3.05, 3.63) is 103 Å². The maximum Gasteiger partial charge on any atom is 0.151 e. The number of ether oxygens (including phenoxy) is 1. The molecule has 4 aromatic rings. The fourth-order valence-electron chi connectivity index (χ4n) is 6.62. The van der Waals surface area contributed by atoms with Gasteiger partial charge in [0.1, 0.15) is 0 Å². The van der Waals surface area contributed by atoms with Crippen molar-refractivity contribution in [1.82, 2.24) is 9.88 Å². The van der Waals surface area contributed by atoms with Crippen LogP contribution in [0.15, 0.2) is 97.3 Å². The van der Waals surface area contributed by atoms with E-state index in [4.69, 9.17) is 4.74 Å². The van der Waals surface area contributed by atoms with Crippen molar-refractivity contribution in [1.29, 1.82) is 0 Å². The van der Waals surface area contributed by atoms with E-state index in [1.165, 1.54) is 42.6 Å². The van der Waals surface area contributed by atoms with Crippen LogP contribution in [0.4, 0.5) is 11.4 Å². The number of aromatic nitrogens is 1. The minimum atomic E-state index is 0.475. The van der Waals surface area contributed by atoms with Gasteiger partial charge in [-0.15, -0.1) is 0 Å². The first kappa shape index (κ1) is 21.6. The van der Waals surface area contributed by atoms with Gasteiger partial charge in [-0.3, -0.25) is 9.88 Å². The van der Waals surface area contributed by atoms with E-state index in [1.54, 1.807) is 0 Å². The van der Waals surface area contributed by atoms with E-state index in [1.807, 2.05) is 18.5 Å². The van der Waals surface area contributed by atoms with Gasteiger partial charge in [0.05, 0.1) is 11.4 Å². The number of anilines is 2. The average molecular weight is 474 g/mol. The third-order valence-corrected chi connectivity index (χ3v) is 8.29. The van der Waals surface area contributed by atoms with Crippen LogP contribution in [0.25, 0.3) is 11.1 Å². The van der Waals surface area contributed by atoms with Crippen LogP contribution in [0.2, 0.25) is 0 Å². The highest BCUT2D eigenvalue weighted by Crippen LogP contribution is 2.51. The molecule has 2 fully saturated rings. The predicted molar refractivity (Wildman–Crippen MR) is 145 cm³/mol. The van der Waals surface area contributed by atoms with Crippen LogP contribution in [0.5, 0.6) is 11.5 Å². The molecule has 4 heteroatoms. The molecule has 0 spiro atoms. The number of rotatable bonds is 5. The minimum Gasteiger partial charge on any atom is -0.453 e. The van der Waals surface area contributed by atoms with E-state index in [-0.39, 0.29) is 0 Å². The zero-order chi connectivity index (χ0) is 23.9. The Bertz CT molecular complexity index is 1340. The molecule has 0 N–H and O–H groups in total. The van der Waals surface area contributed by atoms with Gasteiger partial charge in [0.25, 0.3) is 0 Å². The van der Waals surface area contributed by atoms with Gasteiger partial charge in [-0.2, -0.15) is 0 Å². The Kier molecular flexibility index (Phi) is 5.47. The van der Waals surface area contributed by atoms with Gasteiger partial charge in [0, 0.05) is 42.6 Å². The Morgan fingerprint density at radius 3 is 2.31 bits per heavy atom. The van der Waals surface area contributed by atoms with Crippen molar-refractivity contribution in [2.75, 3.05) is 11.4 Å². The van der Waals surface area contributed by atoms with Crippen LogP contribution < -0.4 is 9.64 Å². The molecule has 2 bridgehead atoms. The molecule has 3 aromatic carbocycles. The zero-order valence-electron chi connectivity index (χ0n) is 20.5. The number of nitrogens with zero attached hydrogens (tertiary/aromatic N) is 3. The highest BCUT2D eigenvalue weighted by atomic mass is 16.5. The Morgan fingerprint density at radius 2 is 1.50 bits per heavy atom. The second kappa shape index (κ2) is 9.11. The van der Waals surface area contributed by atoms with E-state index < -0.39 is 0 Å². The molecule has 0 unspecified atom stereocenters. The van der Waals surface area contributed by atoms with E-state index in [0.29, 0.717) is 18.1 Å². The fraction of sp³-hybridized carbons (Fsp3) is 0.281. The van der Waals surface area contributed by atoms with Crippen molar-refractivity contribution in [2.24, 2.45) is 0 Å². The van der Waals surface area contributed by atoms with Crippen LogP contribution in [0.3, 0.4) is 0 Å². The number of piperidine rings is 1. The molecular weight excluding hydrogens is 442 g/mol. The van der Waals surface area contributed by atoms with Crippen molar-refractivity contribution in [3.63, 3.8) is 0 Å². The third-order valence-electron chi connectivity index (χ3n) is 8.29. The number of pyridine rings is 1. The molecule has 36 heavy (non-hydrogen) atoms. The molecule has 0 amide bonds. The molecule has 1 aromatic heterocycles. The molecule has 2 saturated heterocycles. The van der Waals surface area contributed by atoms with Gasteiger partial charge in [0.2, 0.25) is 0 Å². The molecule has 3 aliphatic heterocycles. The summed E-state index contributed by atoms with van der Waals surface area (Å²) in [4.78, 5) is 9.70. The van der Waals surface area contributed by atoms with E-state index in [0.717, 1.165) is 35.6 Å². The standard InChI is InChI=1S/C32H31N3O/c1-2-7-23(8-3-1)16-18-34-26-13-14-27(34)21-28(20-26)35-29-10-4-5-11-31(29)36-32-19-24(12-15-30(32)35)25-9-6-17-33-22-25/h1-12,15,17,19,22,26-28H,13-14,16,18,20-21H2/t26-,27+,28+. The average Bonchev–Trinajstić information content (AvgIpc) is 3.17. The van der Waals surface area contributed by atoms with E-state index >= 15 is 0 Å². The van der Waals surface area contributed by atoms with Gasteiger partial charge in [0.15, 0.2) is 11.5 Å². The summed E-state index contributed by atoms with van der Waals surface area (Å²) in [6.45, 7) is 1.16. The second-order valence-electron chi connectivity index (χ2n) is 10.3. The summed E-state index contributed by atoms with van der Waals surface area (Å²) in [5, 5.41) is 0. The molecule has 4 nitrogen and oxygen atoms in total. The highest BCUT2D eigenvalue weighted by Gasteiger charge is 2.44. The summed E-state index contributed by atoms with van der Waals surface area (Å²) in [5.74, 6) is 1.89. The van der Waals surface area contributed by atoms with Crippen molar-refractivity contribution >= 4 is 11.4 Å². The van der Waals surface area contributed by atoms with E-state index in [9.17, 15) is 0 Å². The number of benzene rings is 3. The number of fused-ring (bicyclic) bond motifs is 4. The van der Waals surface area contributed by atoms with Gasteiger partial charge in [-0.05, 0) is 73.6 Å². The van der Waals surface area contributed by atoms with Crippen LogP contribution in [-0.2, 0) is 6.42 Å². The monoisotopic (exact) mass is 473 g/mol. The van der Waals surface area contributed by atoms with Crippen molar-refractivity contribution in [3.8, 4) is 22.6 Å². The third kappa shape index (κ3) is 3.86. The van der Waals surface area contributed by atoms with Gasteiger partial charge < -0.3 is 9.64 Å². The lowest BCUT2D eigenvalue weighted by molar-refractivity contribution is 0.129. The first-order chi connectivity index (χ1) is 17.8. The van der Waals surface area contributed by atoms with Crippen LogP contribution in [0, 0.1) is 0 Å². The lowest BCUT2D eigenvalue weighted by atomic mass is 9.93. The quantitative estimate of drug-likeness (QED) is 0.306. The summed E-state index contributed by atoms with van der Waals surface area (Å²) < 4.78 is 6.47. The Balaban J connectivity index is 1.18. The molecule has 0 saturated carbocycles. The molecule has 3 atom stereocenters. The topological polar surface area (TPSA) is 28.6 Å². The summed E-state index contributed by atoms with van der Waals surface area (Å²) in [7, 11) is 0. The molecule has 180 valence electrons. The van der Waals surface area contributed by atoms with Crippen LogP contribution in [0.1, 0.15) is 31.2 Å². The maximum atomic E-state index is 6.47. The second-order valence-corrected chi connectivity index (χ2v) is 10.3. The van der Waals surface area contributed by atoms with Crippen molar-refractivity contribution in [2.45, 2.75) is 50.2 Å². The summed E-state index contributed by atoms with van der Waals surface area (Å²) in [5.41, 5.74) is 6.07. The largest absolute Gasteiger partial charge is 0.453 e. The number of para-hydroxylation sites is 2. The first-order valence-electron chi connectivity index (χ1n) is 13.2. The zero-order valence-corrected chi connectivity index (χ0v) is 20.5. The Morgan fingerprint density at radius 1 is 0.722 bits per heavy atom. The molecular formula is C32H31N3O. The SMILES string of the molecule is c1ccc(CCN2[C@@H]3CC[C@H]2C[C@@H](N2c4ccccc4Oc4cc(-c5cccnc5)ccc42)C3)cc1. The fourth-order valence-corrected chi connectivity index (χ4v) is 6.62. The van der Waals surface area contributed by atoms with Crippen LogP contribution in [-0.4, -0.2) is 34.6 Å². The highest BCUT2D eigenvalue weighted by molar-refractivity contribution is 5.81. The molecule has 7 rings (SSSR count). The van der Waals surface area contributed by atoms with Gasteiger partial charge in [-0.25, -0.2) is 0 Å². The number of hydrogen-bond acceptors (Lipinski definition) is 4. The lowest BCUT2D eigenvalue weighted by Gasteiger charge is -2.46. The molecule has 0 aliphatic carbocycles. The van der Waals surface area contributed by atoms with Crippen LogP contribution >= 0.6 is 0 Å². The smallest absolute Gasteiger partial charge is 0.151 e. The van der Waals surface area contributed by atoms with Gasteiger partial charge >= 0.3 is 0 Å². The molecule has 3 aliphatic rings. The summed E-state index contributed by atoms with van der Waals surface area (Å²) >= 11 is 0. The molecule has 0 radical (unpaired) electrons. The normalized spacial score (nSPS) is 22.6. The predicted octanol–water partition coefficient (Wildman–Crippen LogP) is 7.23. The number of hydrogen-bond donors (Lipinski definition) is 0. The lowest BCUT2D eigenvalue weighted by Crippen LogP contribution is -2.50. The Labute approximate surface area is 213 Å². The molecule has 4 heterocycles. The summed E-state index contributed by atoms with van der Waals surface area (Å²) in [6.07, 6.45) is 9.89. The van der Waals surface area contributed by atoms with E-state index in [2.05, 4.69) is 93.6 Å². The first-order valence-corrected chi connectivity index (χ1v) is 13.2.